The average molecular weight is 431 g/mol. The van der Waals surface area contributed by atoms with Gasteiger partial charge in [-0.15, -0.1) is 0 Å². The lowest BCUT2D eigenvalue weighted by Crippen LogP contribution is -3.15. The molecular weight excluding hydrogens is 398 g/mol. The largest absolute Gasteiger partial charge is 0.351 e. The van der Waals surface area contributed by atoms with Gasteiger partial charge in [-0.25, -0.2) is 8.42 Å². The zero-order valence-electron chi connectivity index (χ0n) is 18.1. The fourth-order valence-corrected chi connectivity index (χ4v) is 5.61. The normalized spacial score (nSPS) is 15.8. The molecule has 1 heterocycles. The monoisotopic (exact) mass is 430 g/mol. The number of benzene rings is 2. The molecule has 1 aliphatic heterocycles. The summed E-state index contributed by atoms with van der Waals surface area (Å²) in [5, 5.41) is 2.99. The molecule has 0 spiro atoms. The van der Waals surface area contributed by atoms with Crippen LogP contribution in [0.5, 0.6) is 0 Å². The Morgan fingerprint density at radius 3 is 2.40 bits per heavy atom. The van der Waals surface area contributed by atoms with Crippen LogP contribution < -0.4 is 10.2 Å². The smallest absolute Gasteiger partial charge is 0.275 e. The van der Waals surface area contributed by atoms with Crippen LogP contribution in [0.3, 0.4) is 0 Å². The maximum Gasteiger partial charge on any atom is 0.275 e. The van der Waals surface area contributed by atoms with Gasteiger partial charge in [0.05, 0.1) is 31.1 Å². The van der Waals surface area contributed by atoms with Crippen LogP contribution in [0.15, 0.2) is 47.4 Å². The molecular formula is C23H32N3O3S+. The van der Waals surface area contributed by atoms with Crippen LogP contribution >= 0.6 is 0 Å². The Hall–Kier alpha value is -2.22. The number of hydrogen-bond donors (Lipinski definition) is 2. The van der Waals surface area contributed by atoms with Gasteiger partial charge in [0.2, 0.25) is 10.0 Å². The highest BCUT2D eigenvalue weighted by Gasteiger charge is 2.31. The maximum absolute atomic E-state index is 13.0. The second-order valence-electron chi connectivity index (χ2n) is 8.13. The summed E-state index contributed by atoms with van der Waals surface area (Å²) in [5.74, 6) is 0.0178. The second kappa shape index (κ2) is 9.73. The number of hydrogen-bond acceptors (Lipinski definition) is 3. The van der Waals surface area contributed by atoms with Crippen molar-refractivity contribution in [2.45, 2.75) is 32.1 Å². The molecule has 0 saturated carbocycles. The summed E-state index contributed by atoms with van der Waals surface area (Å²) in [6.07, 6.45) is 0.815. The first-order chi connectivity index (χ1) is 14.3. The number of sulfonamides is 1. The van der Waals surface area contributed by atoms with Crippen molar-refractivity contribution < 1.29 is 18.1 Å². The van der Waals surface area contributed by atoms with Crippen molar-refractivity contribution in [2.24, 2.45) is 0 Å². The summed E-state index contributed by atoms with van der Waals surface area (Å²) in [7, 11) is -3.49. The standard InChI is InChI=1S/C23H31N3O3S/c1-18-8-9-22(20(3)16-18)30(28,29)26-14-12-25(13-15-26)17-23(27)24-11-10-21-7-5-4-6-19(21)2/h4-9,16H,10-15,17H2,1-3H3,(H,24,27)/p+1. The highest BCUT2D eigenvalue weighted by Crippen LogP contribution is 2.20. The number of carbonyl (C=O) groups is 1. The zero-order valence-corrected chi connectivity index (χ0v) is 18.9. The quantitative estimate of drug-likeness (QED) is 0.685. The molecule has 1 aliphatic rings. The van der Waals surface area contributed by atoms with Gasteiger partial charge in [0.25, 0.3) is 5.91 Å². The summed E-state index contributed by atoms with van der Waals surface area (Å²) in [6.45, 7) is 9.00. The lowest BCUT2D eigenvalue weighted by molar-refractivity contribution is -0.895. The Morgan fingerprint density at radius 1 is 1.03 bits per heavy atom. The first-order valence-corrected chi connectivity index (χ1v) is 11.9. The van der Waals surface area contributed by atoms with Gasteiger partial charge >= 0.3 is 0 Å². The third-order valence-electron chi connectivity index (χ3n) is 5.77. The number of piperazine rings is 1. The summed E-state index contributed by atoms with van der Waals surface area (Å²) >= 11 is 0. The fraction of sp³-hybridized carbons (Fsp3) is 0.435. The van der Waals surface area contributed by atoms with E-state index < -0.39 is 10.0 Å². The number of carbonyl (C=O) groups excluding carboxylic acids is 1. The van der Waals surface area contributed by atoms with Gasteiger partial charge < -0.3 is 10.2 Å². The number of quaternary nitrogens is 1. The summed E-state index contributed by atoms with van der Waals surface area (Å²) in [6, 6.07) is 13.6. The number of amides is 1. The van der Waals surface area contributed by atoms with Crippen LogP contribution in [0.2, 0.25) is 0 Å². The molecule has 1 saturated heterocycles. The van der Waals surface area contributed by atoms with Crippen LogP contribution in [0.1, 0.15) is 22.3 Å². The van der Waals surface area contributed by atoms with Crippen molar-refractivity contribution in [1.29, 1.82) is 0 Å². The lowest BCUT2D eigenvalue weighted by atomic mass is 10.1. The van der Waals surface area contributed by atoms with E-state index in [1.54, 1.807) is 10.4 Å². The molecule has 3 rings (SSSR count). The fourth-order valence-electron chi connectivity index (χ4n) is 3.96. The molecule has 0 radical (unpaired) electrons. The van der Waals surface area contributed by atoms with Gasteiger partial charge in [0, 0.05) is 6.54 Å². The van der Waals surface area contributed by atoms with Crippen molar-refractivity contribution >= 4 is 15.9 Å². The van der Waals surface area contributed by atoms with E-state index in [4.69, 9.17) is 0 Å². The topological polar surface area (TPSA) is 70.9 Å². The molecule has 1 amide bonds. The van der Waals surface area contributed by atoms with E-state index in [0.29, 0.717) is 44.2 Å². The minimum Gasteiger partial charge on any atom is -0.351 e. The minimum absolute atomic E-state index is 0.0178. The van der Waals surface area contributed by atoms with E-state index in [0.717, 1.165) is 22.4 Å². The van der Waals surface area contributed by atoms with Crippen molar-refractivity contribution in [3.63, 3.8) is 0 Å². The summed E-state index contributed by atoms with van der Waals surface area (Å²) in [5.41, 5.74) is 4.31. The number of rotatable bonds is 7. The van der Waals surface area contributed by atoms with Crippen LogP contribution in [-0.2, 0) is 21.2 Å². The Balaban J connectivity index is 1.47. The van der Waals surface area contributed by atoms with Crippen molar-refractivity contribution in [1.82, 2.24) is 9.62 Å². The molecule has 0 bridgehead atoms. The predicted molar refractivity (Wildman–Crippen MR) is 118 cm³/mol. The predicted octanol–water partition coefficient (Wildman–Crippen LogP) is 0.860. The van der Waals surface area contributed by atoms with Gasteiger partial charge in [0.1, 0.15) is 0 Å². The minimum atomic E-state index is -3.49. The number of aryl methyl sites for hydroxylation is 3. The molecule has 162 valence electrons. The third kappa shape index (κ3) is 5.47. The van der Waals surface area contributed by atoms with E-state index in [9.17, 15) is 13.2 Å². The van der Waals surface area contributed by atoms with Gasteiger partial charge in [0.15, 0.2) is 6.54 Å². The van der Waals surface area contributed by atoms with E-state index in [-0.39, 0.29) is 5.91 Å². The maximum atomic E-state index is 13.0. The molecule has 0 atom stereocenters. The van der Waals surface area contributed by atoms with Crippen LogP contribution in [0.25, 0.3) is 0 Å². The number of nitrogens with zero attached hydrogens (tertiary/aromatic N) is 1. The van der Waals surface area contributed by atoms with E-state index in [1.807, 2.05) is 38.1 Å². The van der Waals surface area contributed by atoms with E-state index in [1.165, 1.54) is 11.1 Å². The molecule has 0 unspecified atom stereocenters. The van der Waals surface area contributed by atoms with Crippen LogP contribution in [-0.4, -0.2) is 57.9 Å². The molecule has 2 N–H and O–H groups in total. The molecule has 2 aromatic rings. The van der Waals surface area contributed by atoms with Crippen molar-refractivity contribution in [3.8, 4) is 0 Å². The Morgan fingerprint density at radius 2 is 1.73 bits per heavy atom. The Labute approximate surface area is 179 Å². The van der Waals surface area contributed by atoms with Gasteiger partial charge in [-0.1, -0.05) is 42.0 Å². The SMILES string of the molecule is Cc1ccc(S(=O)(=O)N2CC[NH+](CC(=O)NCCc3ccccc3C)CC2)c(C)c1. The van der Waals surface area contributed by atoms with Gasteiger partial charge in [-0.2, -0.15) is 4.31 Å². The van der Waals surface area contributed by atoms with Crippen molar-refractivity contribution in [3.05, 3.63) is 64.7 Å². The molecule has 1 fully saturated rings. The van der Waals surface area contributed by atoms with Crippen LogP contribution in [0, 0.1) is 20.8 Å². The van der Waals surface area contributed by atoms with Gasteiger partial charge in [-0.3, -0.25) is 4.79 Å². The van der Waals surface area contributed by atoms with Crippen LogP contribution in [0.4, 0.5) is 0 Å². The molecule has 6 nitrogen and oxygen atoms in total. The van der Waals surface area contributed by atoms with E-state index in [2.05, 4.69) is 24.4 Å². The molecule has 0 aliphatic carbocycles. The molecule has 30 heavy (non-hydrogen) atoms. The first-order valence-electron chi connectivity index (χ1n) is 10.5. The Bertz CT molecular complexity index is 997. The average Bonchev–Trinajstić information content (AvgIpc) is 2.69. The van der Waals surface area contributed by atoms with E-state index >= 15 is 0 Å². The summed E-state index contributed by atoms with van der Waals surface area (Å²) in [4.78, 5) is 13.8. The van der Waals surface area contributed by atoms with Gasteiger partial charge in [-0.05, 0) is 49.9 Å². The highest BCUT2D eigenvalue weighted by molar-refractivity contribution is 7.89. The lowest BCUT2D eigenvalue weighted by Gasteiger charge is -2.31. The highest BCUT2D eigenvalue weighted by atomic mass is 32.2. The number of nitrogens with one attached hydrogen (secondary N) is 2. The molecule has 2 aromatic carbocycles. The molecule has 0 aromatic heterocycles. The first kappa shape index (κ1) is 22.5. The third-order valence-corrected chi connectivity index (χ3v) is 7.82. The van der Waals surface area contributed by atoms with Crippen molar-refractivity contribution in [2.75, 3.05) is 39.3 Å². The molecule has 7 heteroatoms. The second-order valence-corrected chi connectivity index (χ2v) is 10.0. The zero-order chi connectivity index (χ0) is 21.7. The summed E-state index contributed by atoms with van der Waals surface area (Å²) < 4.78 is 27.5. The Kier molecular flexibility index (Phi) is 7.28.